The molecule has 98 valence electrons. The topological polar surface area (TPSA) is 20.3 Å². The van der Waals surface area contributed by atoms with Crippen LogP contribution >= 0.6 is 15.9 Å². The summed E-state index contributed by atoms with van der Waals surface area (Å²) >= 11 is 3.32. The third-order valence-corrected chi connectivity index (χ3v) is 3.81. The van der Waals surface area contributed by atoms with E-state index in [0.29, 0.717) is 16.0 Å². The first kappa shape index (κ1) is 13.5. The van der Waals surface area contributed by atoms with Crippen molar-refractivity contribution in [2.75, 3.05) is 13.1 Å². The van der Waals surface area contributed by atoms with Crippen LogP contribution in [0.5, 0.6) is 0 Å². The van der Waals surface area contributed by atoms with Crippen LogP contribution < -0.4 is 0 Å². The van der Waals surface area contributed by atoms with Crippen LogP contribution in [0.2, 0.25) is 0 Å². The summed E-state index contributed by atoms with van der Waals surface area (Å²) in [4.78, 5) is 14.2. The first-order valence-corrected chi connectivity index (χ1v) is 7.15. The van der Waals surface area contributed by atoms with E-state index in [1.807, 2.05) is 11.8 Å². The third kappa shape index (κ3) is 3.31. The number of carbonyl (C=O) groups is 1. The quantitative estimate of drug-likeness (QED) is 0.808. The van der Waals surface area contributed by atoms with Gasteiger partial charge < -0.3 is 4.90 Å². The van der Waals surface area contributed by atoms with Crippen LogP contribution in [0.1, 0.15) is 36.5 Å². The number of benzene rings is 1. The molecule has 1 saturated carbocycles. The molecule has 0 bridgehead atoms. The lowest BCUT2D eigenvalue weighted by Crippen LogP contribution is -2.33. The highest BCUT2D eigenvalue weighted by atomic mass is 79.9. The molecule has 1 aliphatic carbocycles. The zero-order valence-corrected chi connectivity index (χ0v) is 12.0. The summed E-state index contributed by atoms with van der Waals surface area (Å²) in [5.41, 5.74) is 0.420. The lowest BCUT2D eigenvalue weighted by atomic mass is 10.1. The summed E-state index contributed by atoms with van der Waals surface area (Å²) in [6, 6.07) is 4.25. The predicted octanol–water partition coefficient (Wildman–Crippen LogP) is 3.85. The fourth-order valence-corrected chi connectivity index (χ4v) is 2.41. The Morgan fingerprint density at radius 2 is 2.22 bits per heavy atom. The Morgan fingerprint density at radius 3 is 2.83 bits per heavy atom. The van der Waals surface area contributed by atoms with Crippen molar-refractivity contribution in [1.29, 1.82) is 0 Å². The molecule has 1 amide bonds. The number of rotatable bonds is 5. The van der Waals surface area contributed by atoms with Gasteiger partial charge in [-0.2, -0.15) is 0 Å². The molecule has 1 aromatic carbocycles. The van der Waals surface area contributed by atoms with Gasteiger partial charge in [-0.25, -0.2) is 4.39 Å². The van der Waals surface area contributed by atoms with Crippen molar-refractivity contribution in [2.24, 2.45) is 5.92 Å². The van der Waals surface area contributed by atoms with Crippen molar-refractivity contribution in [2.45, 2.75) is 26.2 Å². The van der Waals surface area contributed by atoms with E-state index in [1.54, 1.807) is 6.07 Å². The van der Waals surface area contributed by atoms with Gasteiger partial charge in [0.15, 0.2) is 0 Å². The first-order valence-electron chi connectivity index (χ1n) is 6.36. The number of nitrogens with zero attached hydrogens (tertiary/aromatic N) is 1. The van der Waals surface area contributed by atoms with Crippen LogP contribution in [0.3, 0.4) is 0 Å². The Hall–Kier alpha value is -0.900. The lowest BCUT2D eigenvalue weighted by Gasteiger charge is -2.22. The summed E-state index contributed by atoms with van der Waals surface area (Å²) < 4.78 is 13.9. The van der Waals surface area contributed by atoms with Crippen LogP contribution in [-0.2, 0) is 0 Å². The molecule has 0 heterocycles. The minimum absolute atomic E-state index is 0.0740. The fourth-order valence-electron chi connectivity index (χ4n) is 1.99. The molecule has 0 atom stereocenters. The van der Waals surface area contributed by atoms with Crippen molar-refractivity contribution >= 4 is 21.8 Å². The van der Waals surface area contributed by atoms with Gasteiger partial charge in [0.2, 0.25) is 0 Å². The largest absolute Gasteiger partial charge is 0.338 e. The van der Waals surface area contributed by atoms with Gasteiger partial charge >= 0.3 is 0 Å². The lowest BCUT2D eigenvalue weighted by molar-refractivity contribution is 0.0746. The van der Waals surface area contributed by atoms with Crippen LogP contribution in [0.25, 0.3) is 0 Å². The van der Waals surface area contributed by atoms with Crippen LogP contribution in [0.4, 0.5) is 4.39 Å². The van der Waals surface area contributed by atoms with Gasteiger partial charge in [0.05, 0.1) is 5.56 Å². The monoisotopic (exact) mass is 313 g/mol. The minimum Gasteiger partial charge on any atom is -0.338 e. The van der Waals surface area contributed by atoms with Gasteiger partial charge in [0.1, 0.15) is 5.82 Å². The van der Waals surface area contributed by atoms with E-state index in [1.165, 1.54) is 25.0 Å². The average molecular weight is 314 g/mol. The Balaban J connectivity index is 2.17. The SMILES string of the molecule is CCCN(CC1CC1)C(=O)c1cc(F)ccc1Br. The van der Waals surface area contributed by atoms with Gasteiger partial charge in [0.25, 0.3) is 5.91 Å². The number of halogens is 2. The molecule has 2 rings (SSSR count). The normalized spacial score (nSPS) is 14.6. The molecule has 4 heteroatoms. The van der Waals surface area contributed by atoms with E-state index in [4.69, 9.17) is 0 Å². The van der Waals surface area contributed by atoms with Gasteiger partial charge in [-0.05, 0) is 59.3 Å². The highest BCUT2D eigenvalue weighted by Gasteiger charge is 2.27. The molecule has 0 N–H and O–H groups in total. The van der Waals surface area contributed by atoms with E-state index >= 15 is 0 Å². The Morgan fingerprint density at radius 1 is 1.50 bits per heavy atom. The molecular formula is C14H17BrFNO. The van der Waals surface area contributed by atoms with Crippen LogP contribution in [-0.4, -0.2) is 23.9 Å². The van der Waals surface area contributed by atoms with Crippen molar-refractivity contribution in [3.63, 3.8) is 0 Å². The molecule has 0 unspecified atom stereocenters. The van der Waals surface area contributed by atoms with Crippen molar-refractivity contribution in [1.82, 2.24) is 4.90 Å². The maximum absolute atomic E-state index is 13.2. The van der Waals surface area contributed by atoms with E-state index in [9.17, 15) is 9.18 Å². The number of hydrogen-bond acceptors (Lipinski definition) is 1. The van der Waals surface area contributed by atoms with Crippen molar-refractivity contribution < 1.29 is 9.18 Å². The van der Waals surface area contributed by atoms with Gasteiger partial charge in [-0.15, -0.1) is 0 Å². The summed E-state index contributed by atoms with van der Waals surface area (Å²) in [5, 5.41) is 0. The summed E-state index contributed by atoms with van der Waals surface area (Å²) in [6.07, 6.45) is 3.33. The standard InChI is InChI=1S/C14H17BrFNO/c1-2-7-17(9-10-3-4-10)14(18)12-8-11(16)5-6-13(12)15/h5-6,8,10H,2-4,7,9H2,1H3. The predicted molar refractivity (Wildman–Crippen MR) is 73.0 cm³/mol. The van der Waals surface area contributed by atoms with Gasteiger partial charge in [-0.3, -0.25) is 4.79 Å². The van der Waals surface area contributed by atoms with E-state index in [0.717, 1.165) is 19.5 Å². The zero-order valence-electron chi connectivity index (χ0n) is 10.5. The number of amides is 1. The molecule has 1 aliphatic rings. The molecule has 0 aliphatic heterocycles. The zero-order chi connectivity index (χ0) is 13.1. The summed E-state index contributed by atoms with van der Waals surface area (Å²) in [6.45, 7) is 3.59. The van der Waals surface area contributed by atoms with Crippen LogP contribution in [0, 0.1) is 11.7 Å². The number of hydrogen-bond donors (Lipinski definition) is 0. The van der Waals surface area contributed by atoms with E-state index in [-0.39, 0.29) is 11.7 Å². The maximum Gasteiger partial charge on any atom is 0.255 e. The average Bonchev–Trinajstić information content (AvgIpc) is 3.15. The van der Waals surface area contributed by atoms with E-state index < -0.39 is 0 Å². The molecule has 0 saturated heterocycles. The Kier molecular flexibility index (Phi) is 4.38. The van der Waals surface area contributed by atoms with Crippen molar-refractivity contribution in [3.05, 3.63) is 34.1 Å². The maximum atomic E-state index is 13.2. The second-order valence-corrected chi connectivity index (χ2v) is 5.67. The second-order valence-electron chi connectivity index (χ2n) is 4.82. The summed E-state index contributed by atoms with van der Waals surface area (Å²) in [5.74, 6) is 0.201. The van der Waals surface area contributed by atoms with Gasteiger partial charge in [0, 0.05) is 17.6 Å². The highest BCUT2D eigenvalue weighted by Crippen LogP contribution is 2.30. The fraction of sp³-hybridized carbons (Fsp3) is 0.500. The third-order valence-electron chi connectivity index (χ3n) is 3.12. The molecule has 0 aromatic heterocycles. The molecule has 0 spiro atoms. The Bertz CT molecular complexity index is 445. The van der Waals surface area contributed by atoms with Gasteiger partial charge in [-0.1, -0.05) is 6.92 Å². The van der Waals surface area contributed by atoms with E-state index in [2.05, 4.69) is 15.9 Å². The highest BCUT2D eigenvalue weighted by molar-refractivity contribution is 9.10. The van der Waals surface area contributed by atoms with Crippen LogP contribution in [0.15, 0.2) is 22.7 Å². The van der Waals surface area contributed by atoms with Crippen molar-refractivity contribution in [3.8, 4) is 0 Å². The number of carbonyl (C=O) groups excluding carboxylic acids is 1. The minimum atomic E-state index is -0.371. The summed E-state index contributed by atoms with van der Waals surface area (Å²) in [7, 11) is 0. The first-order chi connectivity index (χ1) is 8.61. The molecule has 0 radical (unpaired) electrons. The molecular weight excluding hydrogens is 297 g/mol. The molecule has 1 aromatic rings. The molecule has 2 nitrogen and oxygen atoms in total. The Labute approximate surface area is 115 Å². The second kappa shape index (κ2) is 5.83. The smallest absolute Gasteiger partial charge is 0.255 e. The molecule has 18 heavy (non-hydrogen) atoms. The molecule has 1 fully saturated rings.